The first-order valence-electron chi connectivity index (χ1n) is 7.98. The van der Waals surface area contributed by atoms with Crippen LogP contribution in [0.3, 0.4) is 0 Å². The van der Waals surface area contributed by atoms with Crippen molar-refractivity contribution in [3.05, 3.63) is 59.3 Å². The Balaban J connectivity index is 2.02. The number of carboxylic acid groups (broad SMARTS) is 1. The van der Waals surface area contributed by atoms with Gasteiger partial charge in [-0.3, -0.25) is 0 Å². The molecule has 0 amide bonds. The van der Waals surface area contributed by atoms with Crippen LogP contribution in [-0.2, 0) is 6.42 Å². The van der Waals surface area contributed by atoms with Crippen molar-refractivity contribution in [1.82, 2.24) is 15.0 Å². The Morgan fingerprint density at radius 3 is 2.92 bits per heavy atom. The maximum absolute atomic E-state index is 12.0. The molecule has 2 N–H and O–H groups in total. The second-order valence-electron chi connectivity index (χ2n) is 6.29. The van der Waals surface area contributed by atoms with Gasteiger partial charge >= 0.3 is 5.97 Å². The van der Waals surface area contributed by atoms with Crippen LogP contribution in [0.15, 0.2) is 36.7 Å². The molecule has 0 unspecified atom stereocenters. The number of fused-ring (bicyclic) bond motifs is 2. The van der Waals surface area contributed by atoms with Gasteiger partial charge in [0.25, 0.3) is 0 Å². The van der Waals surface area contributed by atoms with Gasteiger partial charge in [-0.25, -0.2) is 14.8 Å². The highest BCUT2D eigenvalue weighted by Gasteiger charge is 2.27. The lowest BCUT2D eigenvalue weighted by Gasteiger charge is -2.25. The molecule has 0 saturated heterocycles. The van der Waals surface area contributed by atoms with Gasteiger partial charge in [0, 0.05) is 17.8 Å². The summed E-state index contributed by atoms with van der Waals surface area (Å²) >= 11 is 0. The normalized spacial score (nSPS) is 18.7. The highest BCUT2D eigenvalue weighted by atomic mass is 16.4. The van der Waals surface area contributed by atoms with E-state index < -0.39 is 5.97 Å². The largest absolute Gasteiger partial charge is 0.478 e. The SMILES string of the molecule is C[C@@H]1C/C(=C\c2ncc[nH]2)c2nc3ccccc3c(C(=O)O)c2C1. The molecule has 4 rings (SSSR count). The van der Waals surface area contributed by atoms with E-state index in [4.69, 9.17) is 4.98 Å². The third-order valence-corrected chi connectivity index (χ3v) is 4.46. The summed E-state index contributed by atoms with van der Waals surface area (Å²) in [6.07, 6.45) is 7.04. The number of carboxylic acids is 1. The summed E-state index contributed by atoms with van der Waals surface area (Å²) < 4.78 is 0. The van der Waals surface area contributed by atoms with E-state index in [9.17, 15) is 9.90 Å². The van der Waals surface area contributed by atoms with Gasteiger partial charge in [-0.05, 0) is 42.0 Å². The van der Waals surface area contributed by atoms with Crippen molar-refractivity contribution in [2.45, 2.75) is 19.8 Å². The van der Waals surface area contributed by atoms with Crippen molar-refractivity contribution >= 4 is 28.5 Å². The Morgan fingerprint density at radius 1 is 1.33 bits per heavy atom. The second kappa shape index (κ2) is 5.60. The first-order valence-corrected chi connectivity index (χ1v) is 7.98. The maximum Gasteiger partial charge on any atom is 0.336 e. The van der Waals surface area contributed by atoms with E-state index in [0.29, 0.717) is 22.4 Å². The van der Waals surface area contributed by atoms with Crippen molar-refractivity contribution < 1.29 is 9.90 Å². The molecule has 0 bridgehead atoms. The number of pyridine rings is 1. The number of para-hydroxylation sites is 1. The van der Waals surface area contributed by atoms with E-state index in [-0.39, 0.29) is 0 Å². The predicted octanol–water partition coefficient (Wildman–Crippen LogP) is 3.78. The molecular weight excluding hydrogens is 302 g/mol. The average molecular weight is 319 g/mol. The molecule has 120 valence electrons. The Labute approximate surface area is 139 Å². The highest BCUT2D eigenvalue weighted by Crippen LogP contribution is 2.38. The number of aromatic nitrogens is 3. The van der Waals surface area contributed by atoms with E-state index in [1.165, 1.54) is 0 Å². The Kier molecular flexibility index (Phi) is 3.41. The summed E-state index contributed by atoms with van der Waals surface area (Å²) in [5.74, 6) is 0.230. The van der Waals surface area contributed by atoms with E-state index in [0.717, 1.165) is 35.5 Å². The Morgan fingerprint density at radius 2 is 2.17 bits per heavy atom. The fourth-order valence-electron chi connectivity index (χ4n) is 3.50. The third kappa shape index (κ3) is 2.38. The number of hydrogen-bond donors (Lipinski definition) is 2. The molecule has 2 aromatic heterocycles. The molecular formula is C19H17N3O2. The number of nitrogens with zero attached hydrogens (tertiary/aromatic N) is 2. The van der Waals surface area contributed by atoms with E-state index in [2.05, 4.69) is 16.9 Å². The fraction of sp³-hybridized carbons (Fsp3) is 0.211. The smallest absolute Gasteiger partial charge is 0.336 e. The van der Waals surface area contributed by atoms with Crippen molar-refractivity contribution in [3.63, 3.8) is 0 Å². The van der Waals surface area contributed by atoms with Gasteiger partial charge < -0.3 is 10.1 Å². The molecule has 1 atom stereocenters. The summed E-state index contributed by atoms with van der Waals surface area (Å²) in [5, 5.41) is 10.5. The van der Waals surface area contributed by atoms with Crippen LogP contribution >= 0.6 is 0 Å². The van der Waals surface area contributed by atoms with Crippen LogP contribution in [0, 0.1) is 5.92 Å². The third-order valence-electron chi connectivity index (χ3n) is 4.46. The van der Waals surface area contributed by atoms with Gasteiger partial charge in [-0.15, -0.1) is 0 Å². The summed E-state index contributed by atoms with van der Waals surface area (Å²) in [5.41, 5.74) is 3.76. The van der Waals surface area contributed by atoms with Gasteiger partial charge in [-0.2, -0.15) is 0 Å². The molecule has 1 aliphatic rings. The number of aromatic amines is 1. The number of allylic oxidation sites excluding steroid dienone is 1. The molecule has 2 heterocycles. The molecule has 0 radical (unpaired) electrons. The number of hydrogen-bond acceptors (Lipinski definition) is 3. The zero-order chi connectivity index (χ0) is 16.7. The van der Waals surface area contributed by atoms with Crippen LogP contribution < -0.4 is 0 Å². The Bertz CT molecular complexity index is 958. The molecule has 0 aliphatic heterocycles. The predicted molar refractivity (Wildman–Crippen MR) is 92.6 cm³/mol. The highest BCUT2D eigenvalue weighted by molar-refractivity contribution is 6.05. The number of benzene rings is 1. The minimum absolute atomic E-state index is 0.361. The number of aromatic carboxylic acids is 1. The summed E-state index contributed by atoms with van der Waals surface area (Å²) in [7, 11) is 0. The first kappa shape index (κ1) is 14.6. The molecule has 0 saturated carbocycles. The molecule has 1 aliphatic carbocycles. The summed E-state index contributed by atoms with van der Waals surface area (Å²) in [4.78, 5) is 24.1. The number of H-pyrrole nitrogens is 1. The molecule has 5 nitrogen and oxygen atoms in total. The topological polar surface area (TPSA) is 78.9 Å². The van der Waals surface area contributed by atoms with E-state index in [1.807, 2.05) is 30.3 Å². The van der Waals surface area contributed by atoms with Crippen molar-refractivity contribution in [2.75, 3.05) is 0 Å². The quantitative estimate of drug-likeness (QED) is 0.753. The van der Waals surface area contributed by atoms with Crippen molar-refractivity contribution in [3.8, 4) is 0 Å². The summed E-state index contributed by atoms with van der Waals surface area (Å²) in [6, 6.07) is 7.44. The molecule has 24 heavy (non-hydrogen) atoms. The van der Waals surface area contributed by atoms with E-state index in [1.54, 1.807) is 12.4 Å². The number of carbonyl (C=O) groups is 1. The van der Waals surface area contributed by atoms with Crippen molar-refractivity contribution in [2.24, 2.45) is 5.92 Å². The average Bonchev–Trinajstić information content (AvgIpc) is 3.05. The number of nitrogens with one attached hydrogen (secondary N) is 1. The fourth-order valence-corrected chi connectivity index (χ4v) is 3.50. The van der Waals surface area contributed by atoms with Crippen LogP contribution in [0.2, 0.25) is 0 Å². The molecule has 5 heteroatoms. The van der Waals surface area contributed by atoms with Crippen LogP contribution in [0.5, 0.6) is 0 Å². The number of rotatable bonds is 2. The lowest BCUT2D eigenvalue weighted by Crippen LogP contribution is -2.17. The van der Waals surface area contributed by atoms with Gasteiger partial charge in [0.05, 0.1) is 16.8 Å². The van der Waals surface area contributed by atoms with Gasteiger partial charge in [0.15, 0.2) is 0 Å². The molecule has 0 spiro atoms. The van der Waals surface area contributed by atoms with Gasteiger partial charge in [-0.1, -0.05) is 25.1 Å². The summed E-state index contributed by atoms with van der Waals surface area (Å²) in [6.45, 7) is 2.14. The maximum atomic E-state index is 12.0. The van der Waals surface area contributed by atoms with Gasteiger partial charge in [0.1, 0.15) is 5.82 Å². The lowest BCUT2D eigenvalue weighted by atomic mass is 9.81. The zero-order valence-corrected chi connectivity index (χ0v) is 13.3. The first-order chi connectivity index (χ1) is 11.6. The van der Waals surface area contributed by atoms with Crippen LogP contribution in [0.1, 0.15) is 40.8 Å². The van der Waals surface area contributed by atoms with Crippen molar-refractivity contribution in [1.29, 1.82) is 0 Å². The zero-order valence-electron chi connectivity index (χ0n) is 13.3. The lowest BCUT2D eigenvalue weighted by molar-refractivity contribution is 0.0697. The standard InChI is InChI=1S/C19H17N3O2/c1-11-8-12(10-16-20-6-7-21-16)18-14(9-11)17(19(23)24)13-4-2-3-5-15(13)22-18/h2-7,10-11H,8-9H2,1H3,(H,20,21)(H,23,24)/b12-10+/t11-/m1/s1. The monoisotopic (exact) mass is 319 g/mol. The van der Waals surface area contributed by atoms with Gasteiger partial charge in [0.2, 0.25) is 0 Å². The van der Waals surface area contributed by atoms with Crippen LogP contribution in [0.4, 0.5) is 0 Å². The molecule has 1 aromatic carbocycles. The number of imidazole rings is 1. The Hall–Kier alpha value is -2.95. The van der Waals surface area contributed by atoms with Crippen LogP contribution in [-0.4, -0.2) is 26.0 Å². The minimum Gasteiger partial charge on any atom is -0.478 e. The van der Waals surface area contributed by atoms with E-state index >= 15 is 0 Å². The second-order valence-corrected chi connectivity index (χ2v) is 6.29. The molecule has 3 aromatic rings. The minimum atomic E-state index is -0.892. The van der Waals surface area contributed by atoms with Crippen LogP contribution in [0.25, 0.3) is 22.6 Å². The molecule has 0 fully saturated rings.